The van der Waals surface area contributed by atoms with E-state index in [4.69, 9.17) is 27.9 Å². The van der Waals surface area contributed by atoms with Crippen LogP contribution in [0.1, 0.15) is 5.82 Å². The highest BCUT2D eigenvalue weighted by Crippen LogP contribution is 2.26. The van der Waals surface area contributed by atoms with Crippen molar-refractivity contribution >= 4 is 40.2 Å². The molecule has 0 aliphatic rings. The summed E-state index contributed by atoms with van der Waals surface area (Å²) in [6.07, 6.45) is 4.44. The third kappa shape index (κ3) is 3.90. The van der Waals surface area contributed by atoms with Gasteiger partial charge in [0.15, 0.2) is 0 Å². The second-order valence-electron chi connectivity index (χ2n) is 3.63. The first-order valence-corrected chi connectivity index (χ1v) is 5.96. The average Bonchev–Trinajstić information content (AvgIpc) is 2.70. The van der Waals surface area contributed by atoms with Crippen molar-refractivity contribution in [3.63, 3.8) is 0 Å². The lowest BCUT2D eigenvalue weighted by Crippen LogP contribution is -2.06. The summed E-state index contributed by atoms with van der Waals surface area (Å²) in [4.78, 5) is 4.21. The van der Waals surface area contributed by atoms with Gasteiger partial charge in [-0.15, -0.1) is 17.0 Å². The van der Waals surface area contributed by atoms with Crippen LogP contribution in [-0.4, -0.2) is 16.2 Å². The topological polar surface area (TPSA) is 27.1 Å². The van der Waals surface area contributed by atoms with Crippen LogP contribution in [-0.2, 0) is 13.5 Å². The fraction of sp³-hybridized carbons (Fsp3) is 0.250. The van der Waals surface area contributed by atoms with E-state index in [1.54, 1.807) is 24.4 Å². The van der Waals surface area contributed by atoms with Crippen LogP contribution in [0.4, 0.5) is 0 Å². The number of rotatable bonds is 4. The number of aryl methyl sites for hydroxylation is 1. The molecule has 1 aromatic carbocycles. The molecule has 0 aliphatic carbocycles. The van der Waals surface area contributed by atoms with Crippen molar-refractivity contribution in [3.05, 3.63) is 46.5 Å². The average molecular weight is 352 g/mol. The van der Waals surface area contributed by atoms with E-state index in [0.29, 0.717) is 22.4 Å². The lowest BCUT2D eigenvalue weighted by molar-refractivity contribution is 0.317. The summed E-state index contributed by atoms with van der Waals surface area (Å²) in [5.74, 6) is 1.71. The number of ether oxygens (including phenoxy) is 1. The van der Waals surface area contributed by atoms with Crippen LogP contribution in [0.3, 0.4) is 0 Å². The Labute approximate surface area is 126 Å². The van der Waals surface area contributed by atoms with E-state index in [9.17, 15) is 0 Å². The molecular weight excluding hydrogens is 339 g/mol. The van der Waals surface area contributed by atoms with Crippen molar-refractivity contribution in [2.45, 2.75) is 6.42 Å². The molecule has 1 heterocycles. The van der Waals surface area contributed by atoms with E-state index < -0.39 is 0 Å². The maximum atomic E-state index is 5.89. The normalized spacial score (nSPS) is 9.94. The monoisotopic (exact) mass is 350 g/mol. The summed E-state index contributed by atoms with van der Waals surface area (Å²) >= 11 is 11.7. The van der Waals surface area contributed by atoms with Crippen molar-refractivity contribution in [2.24, 2.45) is 7.05 Å². The fourth-order valence-electron chi connectivity index (χ4n) is 1.46. The zero-order chi connectivity index (χ0) is 12.3. The molecule has 0 radical (unpaired) electrons. The van der Waals surface area contributed by atoms with Gasteiger partial charge in [0.05, 0.1) is 16.7 Å². The van der Waals surface area contributed by atoms with Crippen LogP contribution >= 0.6 is 40.2 Å². The SMILES string of the molecule is Br.Cn1ccnc1CCOc1ccc(Cl)c(Cl)c1. The van der Waals surface area contributed by atoms with Gasteiger partial charge in [-0.1, -0.05) is 23.2 Å². The molecule has 0 saturated heterocycles. The maximum absolute atomic E-state index is 5.89. The summed E-state index contributed by atoms with van der Waals surface area (Å²) < 4.78 is 7.54. The minimum Gasteiger partial charge on any atom is -0.493 e. The van der Waals surface area contributed by atoms with Gasteiger partial charge >= 0.3 is 0 Å². The Morgan fingerprint density at radius 3 is 2.67 bits per heavy atom. The van der Waals surface area contributed by atoms with Crippen LogP contribution < -0.4 is 4.74 Å². The van der Waals surface area contributed by atoms with Crippen LogP contribution in [0.5, 0.6) is 5.75 Å². The zero-order valence-corrected chi connectivity index (χ0v) is 13.0. The number of halogens is 3. The Hall–Kier alpha value is -0.710. The molecule has 0 atom stereocenters. The molecule has 18 heavy (non-hydrogen) atoms. The van der Waals surface area contributed by atoms with E-state index in [1.807, 2.05) is 17.8 Å². The molecule has 1 aromatic heterocycles. The van der Waals surface area contributed by atoms with E-state index in [1.165, 1.54) is 0 Å². The quantitative estimate of drug-likeness (QED) is 0.834. The van der Waals surface area contributed by atoms with Crippen LogP contribution in [0.15, 0.2) is 30.6 Å². The number of aromatic nitrogens is 2. The van der Waals surface area contributed by atoms with E-state index in [0.717, 1.165) is 12.2 Å². The molecule has 2 aromatic rings. The van der Waals surface area contributed by atoms with Crippen LogP contribution in [0, 0.1) is 0 Å². The van der Waals surface area contributed by atoms with Gasteiger partial charge in [0.1, 0.15) is 11.6 Å². The van der Waals surface area contributed by atoms with Gasteiger partial charge in [0, 0.05) is 31.9 Å². The molecule has 98 valence electrons. The van der Waals surface area contributed by atoms with Crippen molar-refractivity contribution in [3.8, 4) is 5.75 Å². The van der Waals surface area contributed by atoms with Crippen molar-refractivity contribution in [1.29, 1.82) is 0 Å². The van der Waals surface area contributed by atoms with Gasteiger partial charge in [0.2, 0.25) is 0 Å². The van der Waals surface area contributed by atoms with Crippen LogP contribution in [0.25, 0.3) is 0 Å². The highest BCUT2D eigenvalue weighted by atomic mass is 79.9. The Morgan fingerprint density at radius 1 is 1.28 bits per heavy atom. The summed E-state index contributed by atoms with van der Waals surface area (Å²) in [7, 11) is 1.96. The Morgan fingerprint density at radius 2 is 2.06 bits per heavy atom. The molecule has 0 N–H and O–H groups in total. The van der Waals surface area contributed by atoms with Gasteiger partial charge < -0.3 is 9.30 Å². The van der Waals surface area contributed by atoms with E-state index in [2.05, 4.69) is 4.98 Å². The third-order valence-corrected chi connectivity index (χ3v) is 3.15. The maximum Gasteiger partial charge on any atom is 0.120 e. The van der Waals surface area contributed by atoms with Gasteiger partial charge in [-0.2, -0.15) is 0 Å². The fourth-order valence-corrected chi connectivity index (χ4v) is 1.75. The molecule has 0 aliphatic heterocycles. The lowest BCUT2D eigenvalue weighted by atomic mass is 10.3. The molecule has 0 amide bonds. The van der Waals surface area contributed by atoms with Gasteiger partial charge in [-0.25, -0.2) is 4.98 Å². The number of benzene rings is 1. The molecule has 0 unspecified atom stereocenters. The predicted molar refractivity (Wildman–Crippen MR) is 79.2 cm³/mol. The second kappa shape index (κ2) is 7.02. The lowest BCUT2D eigenvalue weighted by Gasteiger charge is -2.07. The Balaban J connectivity index is 0.00000162. The molecule has 0 saturated carbocycles. The number of imidazole rings is 1. The first-order chi connectivity index (χ1) is 8.16. The highest BCUT2D eigenvalue weighted by molar-refractivity contribution is 8.93. The predicted octanol–water partition coefficient (Wildman–Crippen LogP) is 3.93. The van der Waals surface area contributed by atoms with Crippen LogP contribution in [0.2, 0.25) is 10.0 Å². The van der Waals surface area contributed by atoms with Crippen molar-refractivity contribution in [2.75, 3.05) is 6.61 Å². The summed E-state index contributed by atoms with van der Waals surface area (Å²) in [5.41, 5.74) is 0. The number of hydrogen-bond donors (Lipinski definition) is 0. The van der Waals surface area contributed by atoms with E-state index in [-0.39, 0.29) is 17.0 Å². The highest BCUT2D eigenvalue weighted by Gasteiger charge is 2.02. The molecule has 0 fully saturated rings. The minimum absolute atomic E-state index is 0. The summed E-state index contributed by atoms with van der Waals surface area (Å²) in [5, 5.41) is 1.03. The first kappa shape index (κ1) is 15.3. The number of nitrogens with zero attached hydrogens (tertiary/aromatic N) is 2. The molecular formula is C12H13BrCl2N2O. The molecule has 2 rings (SSSR count). The Bertz CT molecular complexity index is 517. The van der Waals surface area contributed by atoms with Crippen molar-refractivity contribution < 1.29 is 4.74 Å². The van der Waals surface area contributed by atoms with Gasteiger partial charge in [-0.05, 0) is 12.1 Å². The smallest absolute Gasteiger partial charge is 0.120 e. The number of hydrogen-bond acceptors (Lipinski definition) is 2. The third-order valence-electron chi connectivity index (χ3n) is 2.41. The molecule has 0 bridgehead atoms. The summed E-state index contributed by atoms with van der Waals surface area (Å²) in [6.45, 7) is 0.558. The molecule has 6 heteroatoms. The Kier molecular flexibility index (Phi) is 5.99. The summed E-state index contributed by atoms with van der Waals surface area (Å²) in [6, 6.07) is 5.23. The van der Waals surface area contributed by atoms with Gasteiger partial charge in [-0.3, -0.25) is 0 Å². The first-order valence-electron chi connectivity index (χ1n) is 5.21. The minimum atomic E-state index is 0. The molecule has 3 nitrogen and oxygen atoms in total. The standard InChI is InChI=1S/C12H12Cl2N2O.BrH/c1-16-6-5-15-12(16)4-7-17-9-2-3-10(13)11(14)8-9;/h2-3,5-6,8H,4,7H2,1H3;1H. The van der Waals surface area contributed by atoms with E-state index >= 15 is 0 Å². The molecule has 0 spiro atoms. The largest absolute Gasteiger partial charge is 0.493 e. The zero-order valence-electron chi connectivity index (χ0n) is 9.77. The second-order valence-corrected chi connectivity index (χ2v) is 4.44. The van der Waals surface area contributed by atoms with Gasteiger partial charge in [0.25, 0.3) is 0 Å². The van der Waals surface area contributed by atoms with Crippen molar-refractivity contribution in [1.82, 2.24) is 9.55 Å².